The molecule has 72 valence electrons. The van der Waals surface area contributed by atoms with Gasteiger partial charge in [-0.05, 0) is 6.07 Å². The van der Waals surface area contributed by atoms with Crippen molar-refractivity contribution in [1.82, 2.24) is 0 Å². The number of thiophene rings is 1. The second-order valence-corrected chi connectivity index (χ2v) is 3.54. The smallest absolute Gasteiger partial charge is 0.308 e. The number of rotatable bonds is 3. The molecule has 1 N–H and O–H groups in total. The number of hydrogen-bond donors (Lipinski definition) is 1. The molecule has 0 fully saturated rings. The molecule has 0 aromatic carbocycles. The fourth-order valence-electron chi connectivity index (χ4n) is 0.883. The number of hydrogen-bond acceptors (Lipinski definition) is 3. The van der Waals surface area contributed by atoms with E-state index in [1.807, 2.05) is 0 Å². The molecule has 1 rings (SSSR count). The van der Waals surface area contributed by atoms with E-state index in [0.717, 1.165) is 16.7 Å². The molecule has 0 bridgehead atoms. The van der Waals surface area contributed by atoms with Crippen molar-refractivity contribution in [3.63, 3.8) is 0 Å². The van der Waals surface area contributed by atoms with E-state index in [1.165, 1.54) is 11.3 Å². The first-order valence-electron chi connectivity index (χ1n) is 3.94. The van der Waals surface area contributed by atoms with Gasteiger partial charge in [-0.1, -0.05) is 11.8 Å². The van der Waals surface area contributed by atoms with Crippen LogP contribution in [0.15, 0.2) is 11.4 Å². The van der Waals surface area contributed by atoms with E-state index >= 15 is 0 Å². The Morgan fingerprint density at radius 1 is 1.64 bits per heavy atom. The highest BCUT2D eigenvalue weighted by Crippen LogP contribution is 2.14. The second kappa shape index (κ2) is 5.20. The zero-order chi connectivity index (χ0) is 10.4. The van der Waals surface area contributed by atoms with Gasteiger partial charge in [-0.3, -0.25) is 4.79 Å². The van der Waals surface area contributed by atoms with Gasteiger partial charge in [0.2, 0.25) is 0 Å². The van der Waals surface area contributed by atoms with Crippen molar-refractivity contribution in [2.45, 2.75) is 12.8 Å². The van der Waals surface area contributed by atoms with Crippen LogP contribution in [0, 0.1) is 11.8 Å². The van der Waals surface area contributed by atoms with Crippen molar-refractivity contribution in [1.29, 1.82) is 0 Å². The minimum Gasteiger partial charge on any atom is -0.481 e. The summed E-state index contributed by atoms with van der Waals surface area (Å²) in [5, 5.41) is 10.3. The monoisotopic (exact) mass is 208 g/mol. The molecule has 0 saturated heterocycles. The Morgan fingerprint density at radius 2 is 2.43 bits per heavy atom. The molecule has 0 amide bonds. The molecule has 3 nitrogen and oxygen atoms in total. The van der Waals surface area contributed by atoms with Crippen molar-refractivity contribution >= 4 is 23.6 Å². The highest BCUT2D eigenvalue weighted by atomic mass is 32.1. The highest BCUT2D eigenvalue weighted by Gasteiger charge is 2.02. The Balaban J connectivity index is 2.64. The van der Waals surface area contributed by atoms with Crippen LogP contribution < -0.4 is 0 Å². The normalized spacial score (nSPS) is 8.86. The Labute approximate surface area is 85.4 Å². The summed E-state index contributed by atoms with van der Waals surface area (Å²) in [6, 6.07) is 1.73. The molecular weight excluding hydrogens is 200 g/mol. The molecule has 1 aromatic rings. The van der Waals surface area contributed by atoms with E-state index in [9.17, 15) is 9.59 Å². The summed E-state index contributed by atoms with van der Waals surface area (Å²) in [6.07, 6.45) is 0.974. The molecule has 0 radical (unpaired) electrons. The van der Waals surface area contributed by atoms with Crippen LogP contribution in [0.2, 0.25) is 0 Å². The summed E-state index contributed by atoms with van der Waals surface area (Å²) in [6.45, 7) is 0. The molecule has 1 aromatic heterocycles. The molecule has 0 spiro atoms. The summed E-state index contributed by atoms with van der Waals surface area (Å²) in [7, 11) is 0. The van der Waals surface area contributed by atoms with Gasteiger partial charge < -0.3 is 9.90 Å². The lowest BCUT2D eigenvalue weighted by Gasteiger charge is -1.85. The number of carbonyl (C=O) groups is 2. The van der Waals surface area contributed by atoms with E-state index in [2.05, 4.69) is 11.8 Å². The minimum atomic E-state index is -0.848. The molecule has 0 saturated carbocycles. The van der Waals surface area contributed by atoms with Gasteiger partial charge in [0.15, 0.2) is 0 Å². The van der Waals surface area contributed by atoms with E-state index in [-0.39, 0.29) is 12.8 Å². The van der Waals surface area contributed by atoms with Crippen LogP contribution in [0.5, 0.6) is 0 Å². The molecule has 1 heterocycles. The van der Waals surface area contributed by atoms with Gasteiger partial charge >= 0.3 is 5.97 Å². The summed E-state index contributed by atoms with van der Waals surface area (Å²) < 4.78 is 0. The average Bonchev–Trinajstić information content (AvgIpc) is 2.52. The Kier molecular flexibility index (Phi) is 3.89. The van der Waals surface area contributed by atoms with Crippen LogP contribution in [-0.2, 0) is 16.0 Å². The highest BCUT2D eigenvalue weighted by molar-refractivity contribution is 7.10. The van der Waals surface area contributed by atoms with Crippen LogP contribution in [0.1, 0.15) is 16.9 Å². The summed E-state index contributed by atoms with van der Waals surface area (Å²) in [4.78, 5) is 21.1. The van der Waals surface area contributed by atoms with Crippen molar-refractivity contribution < 1.29 is 14.7 Å². The third kappa shape index (κ3) is 3.42. The SMILES string of the molecule is O=CCC#Cc1csc(CC(=O)O)c1. The number of carboxylic acid groups (broad SMARTS) is 1. The van der Waals surface area contributed by atoms with E-state index < -0.39 is 5.97 Å². The van der Waals surface area contributed by atoms with Crippen LogP contribution >= 0.6 is 11.3 Å². The van der Waals surface area contributed by atoms with Crippen molar-refractivity contribution in [3.8, 4) is 11.8 Å². The third-order valence-corrected chi connectivity index (χ3v) is 2.33. The van der Waals surface area contributed by atoms with Crippen LogP contribution in [0.3, 0.4) is 0 Å². The molecule has 4 heteroatoms. The lowest BCUT2D eigenvalue weighted by Crippen LogP contribution is -1.97. The topological polar surface area (TPSA) is 54.4 Å². The molecule has 0 aliphatic heterocycles. The zero-order valence-electron chi connectivity index (χ0n) is 7.32. The van der Waals surface area contributed by atoms with Crippen LogP contribution in [0.4, 0.5) is 0 Å². The minimum absolute atomic E-state index is 0.0278. The van der Waals surface area contributed by atoms with Crippen molar-refractivity contribution in [2.75, 3.05) is 0 Å². The van der Waals surface area contributed by atoms with E-state index in [1.54, 1.807) is 11.4 Å². The van der Waals surface area contributed by atoms with Gasteiger partial charge in [0, 0.05) is 15.8 Å². The molecule has 0 aliphatic rings. The molecule has 0 atom stereocenters. The first-order chi connectivity index (χ1) is 6.72. The van der Waals surface area contributed by atoms with Crippen molar-refractivity contribution in [2.24, 2.45) is 0 Å². The summed E-state index contributed by atoms with van der Waals surface area (Å²) >= 11 is 1.36. The predicted molar refractivity (Wildman–Crippen MR) is 53.2 cm³/mol. The molecular formula is C10H8O3S. The van der Waals surface area contributed by atoms with E-state index in [0.29, 0.717) is 0 Å². The Morgan fingerprint density at radius 3 is 3.07 bits per heavy atom. The first-order valence-corrected chi connectivity index (χ1v) is 4.82. The fourth-order valence-corrected chi connectivity index (χ4v) is 1.69. The average molecular weight is 208 g/mol. The number of carboxylic acids is 1. The van der Waals surface area contributed by atoms with Crippen LogP contribution in [0.25, 0.3) is 0 Å². The summed E-state index contributed by atoms with van der Waals surface area (Å²) in [5.74, 6) is 4.59. The maximum absolute atomic E-state index is 10.4. The maximum Gasteiger partial charge on any atom is 0.308 e. The fraction of sp³-hybridized carbons (Fsp3) is 0.200. The molecule has 0 unspecified atom stereocenters. The summed E-state index contributed by atoms with van der Waals surface area (Å²) in [5.41, 5.74) is 0.771. The predicted octanol–water partition coefficient (Wildman–Crippen LogP) is 1.32. The van der Waals surface area contributed by atoms with Gasteiger partial charge in [-0.15, -0.1) is 11.3 Å². The number of aliphatic carboxylic acids is 1. The first kappa shape index (κ1) is 10.5. The van der Waals surface area contributed by atoms with Crippen LogP contribution in [-0.4, -0.2) is 17.4 Å². The Bertz CT molecular complexity index is 395. The third-order valence-electron chi connectivity index (χ3n) is 1.40. The van der Waals surface area contributed by atoms with Crippen molar-refractivity contribution in [3.05, 3.63) is 21.9 Å². The van der Waals surface area contributed by atoms with Gasteiger partial charge in [0.1, 0.15) is 6.29 Å². The van der Waals surface area contributed by atoms with Gasteiger partial charge in [-0.2, -0.15) is 0 Å². The zero-order valence-corrected chi connectivity index (χ0v) is 8.13. The molecule has 0 aliphatic carbocycles. The lowest BCUT2D eigenvalue weighted by molar-refractivity contribution is -0.136. The van der Waals surface area contributed by atoms with E-state index in [4.69, 9.17) is 5.11 Å². The maximum atomic E-state index is 10.4. The van der Waals surface area contributed by atoms with Gasteiger partial charge in [-0.25, -0.2) is 0 Å². The van der Waals surface area contributed by atoms with Gasteiger partial charge in [0.25, 0.3) is 0 Å². The number of aldehydes is 1. The number of carbonyl (C=O) groups excluding carboxylic acids is 1. The Hall–Kier alpha value is -1.60. The quantitative estimate of drug-likeness (QED) is 0.602. The lowest BCUT2D eigenvalue weighted by atomic mass is 10.2. The second-order valence-electron chi connectivity index (χ2n) is 2.54. The largest absolute Gasteiger partial charge is 0.481 e. The molecule has 14 heavy (non-hydrogen) atoms. The standard InChI is InChI=1S/C10H8O3S/c11-4-2-1-3-8-5-9(14-7-8)6-10(12)13/h4-5,7H,2,6H2,(H,12,13). The van der Waals surface area contributed by atoms with Gasteiger partial charge in [0.05, 0.1) is 12.8 Å².